The van der Waals surface area contributed by atoms with Crippen LogP contribution >= 0.6 is 0 Å². The maximum atomic E-state index is 12.6. The first-order valence-corrected chi connectivity index (χ1v) is 8.76. The highest BCUT2D eigenvalue weighted by Gasteiger charge is 2.48. The highest BCUT2D eigenvalue weighted by molar-refractivity contribution is 5.93. The number of rotatable bonds is 3. The van der Waals surface area contributed by atoms with E-state index in [1.807, 2.05) is 11.0 Å². The van der Waals surface area contributed by atoms with Crippen molar-refractivity contribution in [1.29, 1.82) is 0 Å². The third-order valence-corrected chi connectivity index (χ3v) is 5.04. The van der Waals surface area contributed by atoms with Crippen LogP contribution in [0.3, 0.4) is 0 Å². The lowest BCUT2D eigenvalue weighted by Crippen LogP contribution is -2.68. The summed E-state index contributed by atoms with van der Waals surface area (Å²) in [5.74, 6) is 0.595. The van der Waals surface area contributed by atoms with Gasteiger partial charge in [-0.15, -0.1) is 0 Å². The first kappa shape index (κ1) is 16.9. The summed E-state index contributed by atoms with van der Waals surface area (Å²) in [6.45, 7) is 8.07. The molecular weight excluding hydrogens is 304 g/mol. The van der Waals surface area contributed by atoms with Gasteiger partial charge in [0, 0.05) is 38.9 Å². The standard InChI is InChI=1S/C18H26N4O2/c1-14(2)13-22-12-9-20-17(24)18(22)6-10-21(11-7-18)16(23)15-5-3-4-8-19-15/h3-5,8,14H,6-7,9-13H2,1-2H3,(H,20,24). The first-order valence-electron chi connectivity index (χ1n) is 8.76. The van der Waals surface area contributed by atoms with Gasteiger partial charge in [-0.05, 0) is 30.9 Å². The number of amides is 2. The Hall–Kier alpha value is -1.95. The molecule has 0 bridgehead atoms. The molecule has 2 aliphatic rings. The predicted octanol–water partition coefficient (Wildman–Crippen LogP) is 1.14. The summed E-state index contributed by atoms with van der Waals surface area (Å²) in [5, 5.41) is 3.03. The van der Waals surface area contributed by atoms with Crippen molar-refractivity contribution in [3.63, 3.8) is 0 Å². The molecule has 1 N–H and O–H groups in total. The van der Waals surface area contributed by atoms with Gasteiger partial charge in [-0.1, -0.05) is 19.9 Å². The van der Waals surface area contributed by atoms with Gasteiger partial charge < -0.3 is 10.2 Å². The van der Waals surface area contributed by atoms with Gasteiger partial charge in [-0.25, -0.2) is 0 Å². The van der Waals surface area contributed by atoms with E-state index in [4.69, 9.17) is 0 Å². The molecule has 0 unspecified atom stereocenters. The Bertz CT molecular complexity index is 594. The van der Waals surface area contributed by atoms with E-state index < -0.39 is 5.54 Å². The average molecular weight is 330 g/mol. The van der Waals surface area contributed by atoms with Crippen molar-refractivity contribution in [2.45, 2.75) is 32.2 Å². The first-order chi connectivity index (χ1) is 11.5. The van der Waals surface area contributed by atoms with Crippen molar-refractivity contribution < 1.29 is 9.59 Å². The van der Waals surface area contributed by atoms with Crippen molar-refractivity contribution in [2.75, 3.05) is 32.7 Å². The Labute approximate surface area is 143 Å². The van der Waals surface area contributed by atoms with Crippen molar-refractivity contribution in [1.82, 2.24) is 20.1 Å². The minimum absolute atomic E-state index is 0.0444. The zero-order valence-electron chi connectivity index (χ0n) is 14.5. The van der Waals surface area contributed by atoms with Crippen LogP contribution in [0.1, 0.15) is 37.2 Å². The van der Waals surface area contributed by atoms with Gasteiger partial charge >= 0.3 is 0 Å². The molecule has 0 saturated carbocycles. The van der Waals surface area contributed by atoms with E-state index in [1.165, 1.54) is 0 Å². The number of carbonyl (C=O) groups is 2. The van der Waals surface area contributed by atoms with Gasteiger partial charge in [0.2, 0.25) is 5.91 Å². The molecule has 0 radical (unpaired) electrons. The Morgan fingerprint density at radius 1 is 1.29 bits per heavy atom. The van der Waals surface area contributed by atoms with E-state index in [9.17, 15) is 9.59 Å². The van der Waals surface area contributed by atoms with Crippen LogP contribution in [0.25, 0.3) is 0 Å². The molecule has 1 aromatic rings. The Morgan fingerprint density at radius 2 is 2.04 bits per heavy atom. The third kappa shape index (κ3) is 3.15. The molecule has 0 aliphatic carbocycles. The number of likely N-dealkylation sites (tertiary alicyclic amines) is 1. The molecule has 2 fully saturated rings. The molecule has 2 aliphatic heterocycles. The molecule has 0 aromatic carbocycles. The normalized spacial score (nSPS) is 21.1. The maximum absolute atomic E-state index is 12.6. The molecule has 2 saturated heterocycles. The molecule has 3 rings (SSSR count). The smallest absolute Gasteiger partial charge is 0.272 e. The molecule has 0 atom stereocenters. The zero-order valence-corrected chi connectivity index (χ0v) is 14.5. The number of pyridine rings is 1. The van der Waals surface area contributed by atoms with Crippen molar-refractivity contribution >= 4 is 11.8 Å². The molecule has 3 heterocycles. The Morgan fingerprint density at radius 3 is 2.67 bits per heavy atom. The van der Waals surface area contributed by atoms with E-state index in [-0.39, 0.29) is 11.8 Å². The number of piperidine rings is 1. The van der Waals surface area contributed by atoms with Crippen LogP contribution in [0.15, 0.2) is 24.4 Å². The monoisotopic (exact) mass is 330 g/mol. The van der Waals surface area contributed by atoms with Crippen LogP contribution < -0.4 is 5.32 Å². The molecule has 6 nitrogen and oxygen atoms in total. The zero-order chi connectivity index (χ0) is 17.2. The quantitative estimate of drug-likeness (QED) is 0.903. The number of nitrogens with zero attached hydrogens (tertiary/aromatic N) is 3. The number of hydrogen-bond acceptors (Lipinski definition) is 4. The number of piperazine rings is 1. The number of carbonyl (C=O) groups excluding carboxylic acids is 2. The largest absolute Gasteiger partial charge is 0.353 e. The lowest BCUT2D eigenvalue weighted by Gasteiger charge is -2.50. The topological polar surface area (TPSA) is 65.5 Å². The van der Waals surface area contributed by atoms with Gasteiger partial charge in [0.1, 0.15) is 11.2 Å². The third-order valence-electron chi connectivity index (χ3n) is 5.04. The molecular formula is C18H26N4O2. The van der Waals surface area contributed by atoms with Crippen LogP contribution in [0.2, 0.25) is 0 Å². The number of nitrogens with one attached hydrogen (secondary N) is 1. The fourth-order valence-corrected chi connectivity index (χ4v) is 3.81. The molecule has 2 amide bonds. The summed E-state index contributed by atoms with van der Waals surface area (Å²) >= 11 is 0. The summed E-state index contributed by atoms with van der Waals surface area (Å²) in [7, 11) is 0. The molecule has 6 heteroatoms. The fraction of sp³-hybridized carbons (Fsp3) is 0.611. The number of hydrogen-bond donors (Lipinski definition) is 1. The molecule has 1 spiro atoms. The average Bonchev–Trinajstić information content (AvgIpc) is 2.59. The van der Waals surface area contributed by atoms with Crippen molar-refractivity contribution in [3.8, 4) is 0 Å². The van der Waals surface area contributed by atoms with Crippen molar-refractivity contribution in [3.05, 3.63) is 30.1 Å². The second-order valence-corrected chi connectivity index (χ2v) is 7.13. The van der Waals surface area contributed by atoms with Crippen molar-refractivity contribution in [2.24, 2.45) is 5.92 Å². The Balaban J connectivity index is 1.72. The highest BCUT2D eigenvalue weighted by Crippen LogP contribution is 2.32. The summed E-state index contributed by atoms with van der Waals surface area (Å²) in [6, 6.07) is 5.37. The predicted molar refractivity (Wildman–Crippen MR) is 91.5 cm³/mol. The Kier molecular flexibility index (Phi) is 4.85. The lowest BCUT2D eigenvalue weighted by molar-refractivity contribution is -0.141. The summed E-state index contributed by atoms with van der Waals surface area (Å²) < 4.78 is 0. The van der Waals surface area contributed by atoms with Crippen LogP contribution in [-0.4, -0.2) is 64.9 Å². The minimum atomic E-state index is -0.455. The van der Waals surface area contributed by atoms with E-state index in [2.05, 4.69) is 29.0 Å². The van der Waals surface area contributed by atoms with Gasteiger partial charge in [0.15, 0.2) is 0 Å². The fourth-order valence-electron chi connectivity index (χ4n) is 3.81. The van der Waals surface area contributed by atoms with Crippen LogP contribution in [0, 0.1) is 5.92 Å². The van der Waals surface area contributed by atoms with E-state index in [1.54, 1.807) is 18.3 Å². The van der Waals surface area contributed by atoms with E-state index in [0.29, 0.717) is 44.1 Å². The molecule has 24 heavy (non-hydrogen) atoms. The second-order valence-electron chi connectivity index (χ2n) is 7.13. The summed E-state index contributed by atoms with van der Waals surface area (Å²) in [6.07, 6.45) is 3.01. The molecule has 1 aromatic heterocycles. The van der Waals surface area contributed by atoms with Gasteiger partial charge in [0.25, 0.3) is 5.91 Å². The van der Waals surface area contributed by atoms with Gasteiger partial charge in [-0.2, -0.15) is 0 Å². The molecule has 130 valence electrons. The van der Waals surface area contributed by atoms with Crippen LogP contribution in [0.4, 0.5) is 0 Å². The van der Waals surface area contributed by atoms with Gasteiger partial charge in [-0.3, -0.25) is 19.5 Å². The summed E-state index contributed by atoms with van der Waals surface area (Å²) in [5.41, 5.74) is 0.0178. The minimum Gasteiger partial charge on any atom is -0.353 e. The second kappa shape index (κ2) is 6.89. The van der Waals surface area contributed by atoms with E-state index in [0.717, 1.165) is 13.1 Å². The lowest BCUT2D eigenvalue weighted by atomic mass is 9.82. The highest BCUT2D eigenvalue weighted by atomic mass is 16.2. The van der Waals surface area contributed by atoms with Crippen LogP contribution in [0.5, 0.6) is 0 Å². The summed E-state index contributed by atoms with van der Waals surface area (Å²) in [4.78, 5) is 33.5. The maximum Gasteiger partial charge on any atom is 0.272 e. The SMILES string of the molecule is CC(C)CN1CCNC(=O)C12CCN(C(=O)c1ccccn1)CC2. The van der Waals surface area contributed by atoms with Crippen LogP contribution in [-0.2, 0) is 4.79 Å². The van der Waals surface area contributed by atoms with Gasteiger partial charge in [0.05, 0.1) is 0 Å². The number of aromatic nitrogens is 1. The van der Waals surface area contributed by atoms with E-state index >= 15 is 0 Å².